The Morgan fingerprint density at radius 2 is 2.42 bits per heavy atom. The van der Waals surface area contributed by atoms with Crippen LogP contribution >= 0.6 is 0 Å². The van der Waals surface area contributed by atoms with Crippen molar-refractivity contribution in [2.45, 2.75) is 18.6 Å². The number of rotatable bonds is 3. The SMILES string of the molecule is CCOC1(C=O)C=CC=CC1O. The van der Waals surface area contributed by atoms with Gasteiger partial charge in [0.05, 0.1) is 0 Å². The largest absolute Gasteiger partial charge is 0.385 e. The first-order chi connectivity index (χ1) is 5.75. The van der Waals surface area contributed by atoms with E-state index in [4.69, 9.17) is 4.74 Å². The van der Waals surface area contributed by atoms with Crippen LogP contribution in [0.5, 0.6) is 0 Å². The number of carbonyl (C=O) groups is 1. The lowest BCUT2D eigenvalue weighted by Crippen LogP contribution is -2.44. The van der Waals surface area contributed by atoms with E-state index < -0.39 is 11.7 Å². The van der Waals surface area contributed by atoms with Crippen molar-refractivity contribution in [2.75, 3.05) is 6.61 Å². The standard InChI is InChI=1S/C9H12O3/c1-2-12-9(7-10)6-4-3-5-8(9)11/h3-8,11H,2H2,1H3. The Morgan fingerprint density at radius 3 is 2.92 bits per heavy atom. The van der Waals surface area contributed by atoms with E-state index in [1.165, 1.54) is 6.08 Å². The number of allylic oxidation sites excluding steroid dienone is 2. The summed E-state index contributed by atoms with van der Waals surface area (Å²) >= 11 is 0. The minimum atomic E-state index is -1.16. The Bertz CT molecular complexity index is 220. The molecule has 0 aliphatic heterocycles. The van der Waals surface area contributed by atoms with E-state index in [0.717, 1.165) is 0 Å². The van der Waals surface area contributed by atoms with Gasteiger partial charge in [-0.2, -0.15) is 0 Å². The molecule has 0 saturated heterocycles. The van der Waals surface area contributed by atoms with Gasteiger partial charge in [-0.25, -0.2) is 0 Å². The monoisotopic (exact) mass is 168 g/mol. The van der Waals surface area contributed by atoms with Gasteiger partial charge in [0.15, 0.2) is 11.9 Å². The Morgan fingerprint density at radius 1 is 1.67 bits per heavy atom. The highest BCUT2D eigenvalue weighted by Gasteiger charge is 2.35. The number of hydrogen-bond donors (Lipinski definition) is 1. The van der Waals surface area contributed by atoms with Gasteiger partial charge in [0.25, 0.3) is 0 Å². The fourth-order valence-electron chi connectivity index (χ4n) is 1.15. The molecule has 2 atom stereocenters. The molecule has 66 valence electrons. The quantitative estimate of drug-likeness (QED) is 0.622. The summed E-state index contributed by atoms with van der Waals surface area (Å²) in [5.41, 5.74) is -1.16. The van der Waals surface area contributed by atoms with Crippen LogP contribution < -0.4 is 0 Å². The third kappa shape index (κ3) is 1.47. The van der Waals surface area contributed by atoms with E-state index in [0.29, 0.717) is 12.9 Å². The summed E-state index contributed by atoms with van der Waals surface area (Å²) in [5.74, 6) is 0. The van der Waals surface area contributed by atoms with E-state index in [1.807, 2.05) is 0 Å². The van der Waals surface area contributed by atoms with Crippen molar-refractivity contribution in [1.82, 2.24) is 0 Å². The number of carbonyl (C=O) groups excluding carboxylic acids is 1. The summed E-state index contributed by atoms with van der Waals surface area (Å²) in [6, 6.07) is 0. The van der Waals surface area contributed by atoms with E-state index in [2.05, 4.69) is 0 Å². The molecule has 0 spiro atoms. The number of aliphatic hydroxyl groups is 1. The van der Waals surface area contributed by atoms with E-state index in [1.54, 1.807) is 25.2 Å². The Balaban J connectivity index is 2.84. The average Bonchev–Trinajstić information content (AvgIpc) is 2.10. The van der Waals surface area contributed by atoms with E-state index in [-0.39, 0.29) is 0 Å². The average molecular weight is 168 g/mol. The summed E-state index contributed by atoms with van der Waals surface area (Å²) in [5, 5.41) is 9.46. The molecule has 0 amide bonds. The minimum Gasteiger partial charge on any atom is -0.385 e. The topological polar surface area (TPSA) is 46.5 Å². The minimum absolute atomic E-state index is 0.397. The van der Waals surface area contributed by atoms with Gasteiger partial charge in [-0.1, -0.05) is 18.2 Å². The maximum absolute atomic E-state index is 10.7. The van der Waals surface area contributed by atoms with Crippen molar-refractivity contribution < 1.29 is 14.6 Å². The van der Waals surface area contributed by atoms with Gasteiger partial charge >= 0.3 is 0 Å². The first kappa shape index (κ1) is 9.16. The molecule has 1 aliphatic rings. The molecule has 0 radical (unpaired) electrons. The van der Waals surface area contributed by atoms with Crippen LogP contribution in [-0.4, -0.2) is 29.7 Å². The molecule has 0 aromatic carbocycles. The molecule has 1 rings (SSSR count). The number of ether oxygens (including phenoxy) is 1. The molecule has 3 heteroatoms. The lowest BCUT2D eigenvalue weighted by atomic mass is 9.94. The molecule has 1 N–H and O–H groups in total. The Labute approximate surface area is 71.3 Å². The molecule has 0 aromatic rings. The Kier molecular flexibility index (Phi) is 2.78. The van der Waals surface area contributed by atoms with Crippen LogP contribution in [0.15, 0.2) is 24.3 Å². The van der Waals surface area contributed by atoms with Gasteiger partial charge in [0.1, 0.15) is 6.10 Å². The van der Waals surface area contributed by atoms with Crippen LogP contribution in [0.25, 0.3) is 0 Å². The van der Waals surface area contributed by atoms with Crippen molar-refractivity contribution in [2.24, 2.45) is 0 Å². The normalized spacial score (nSPS) is 33.7. The van der Waals surface area contributed by atoms with Gasteiger partial charge in [0, 0.05) is 6.61 Å². The highest BCUT2D eigenvalue weighted by molar-refractivity contribution is 5.69. The lowest BCUT2D eigenvalue weighted by Gasteiger charge is -2.29. The van der Waals surface area contributed by atoms with Crippen LogP contribution in [0.4, 0.5) is 0 Å². The van der Waals surface area contributed by atoms with Gasteiger partial charge in [-0.05, 0) is 13.0 Å². The predicted molar refractivity (Wildman–Crippen MR) is 44.7 cm³/mol. The highest BCUT2D eigenvalue weighted by atomic mass is 16.5. The van der Waals surface area contributed by atoms with Crippen LogP contribution in [0.3, 0.4) is 0 Å². The summed E-state index contributed by atoms with van der Waals surface area (Å²) in [7, 11) is 0. The second-order valence-corrected chi connectivity index (χ2v) is 2.59. The second kappa shape index (κ2) is 3.65. The number of aliphatic hydroxyl groups excluding tert-OH is 1. The van der Waals surface area contributed by atoms with E-state index >= 15 is 0 Å². The maximum Gasteiger partial charge on any atom is 0.171 e. The van der Waals surface area contributed by atoms with Gasteiger partial charge in [-0.15, -0.1) is 0 Å². The fourth-order valence-corrected chi connectivity index (χ4v) is 1.15. The zero-order valence-corrected chi connectivity index (χ0v) is 6.93. The van der Waals surface area contributed by atoms with Crippen LogP contribution in [0.2, 0.25) is 0 Å². The molecule has 1 aliphatic carbocycles. The summed E-state index contributed by atoms with van der Waals surface area (Å²) in [6.07, 6.45) is 6.22. The highest BCUT2D eigenvalue weighted by Crippen LogP contribution is 2.20. The molecule has 2 unspecified atom stereocenters. The molecule has 0 heterocycles. The third-order valence-electron chi connectivity index (χ3n) is 1.80. The molecular weight excluding hydrogens is 156 g/mol. The van der Waals surface area contributed by atoms with Crippen molar-refractivity contribution in [3.8, 4) is 0 Å². The summed E-state index contributed by atoms with van der Waals surface area (Å²) < 4.78 is 5.18. The summed E-state index contributed by atoms with van der Waals surface area (Å²) in [4.78, 5) is 10.7. The predicted octanol–water partition coefficient (Wildman–Crippen LogP) is 0.447. The van der Waals surface area contributed by atoms with Crippen molar-refractivity contribution in [3.05, 3.63) is 24.3 Å². The molecule has 0 saturated carbocycles. The van der Waals surface area contributed by atoms with Crippen LogP contribution in [-0.2, 0) is 9.53 Å². The first-order valence-corrected chi connectivity index (χ1v) is 3.89. The van der Waals surface area contributed by atoms with Crippen LogP contribution in [0.1, 0.15) is 6.92 Å². The van der Waals surface area contributed by atoms with Gasteiger partial charge in [-0.3, -0.25) is 4.79 Å². The smallest absolute Gasteiger partial charge is 0.171 e. The first-order valence-electron chi connectivity index (χ1n) is 3.89. The second-order valence-electron chi connectivity index (χ2n) is 2.59. The van der Waals surface area contributed by atoms with Gasteiger partial charge in [0.2, 0.25) is 0 Å². The molecule has 3 nitrogen and oxygen atoms in total. The number of aldehydes is 1. The van der Waals surface area contributed by atoms with Crippen LogP contribution in [0, 0.1) is 0 Å². The molecule has 0 fully saturated rings. The molecule has 0 bridgehead atoms. The maximum atomic E-state index is 10.7. The lowest BCUT2D eigenvalue weighted by molar-refractivity contribution is -0.134. The van der Waals surface area contributed by atoms with Crippen molar-refractivity contribution >= 4 is 6.29 Å². The third-order valence-corrected chi connectivity index (χ3v) is 1.80. The zero-order chi connectivity index (χ0) is 9.03. The van der Waals surface area contributed by atoms with Crippen molar-refractivity contribution in [1.29, 1.82) is 0 Å². The number of hydrogen-bond acceptors (Lipinski definition) is 3. The Hall–Kier alpha value is -0.930. The molecule has 0 aromatic heterocycles. The molecular formula is C9H12O3. The van der Waals surface area contributed by atoms with Crippen molar-refractivity contribution in [3.63, 3.8) is 0 Å². The molecule has 12 heavy (non-hydrogen) atoms. The van der Waals surface area contributed by atoms with Gasteiger partial charge < -0.3 is 9.84 Å². The summed E-state index contributed by atoms with van der Waals surface area (Å²) in [6.45, 7) is 2.18. The van der Waals surface area contributed by atoms with E-state index in [9.17, 15) is 9.90 Å². The fraction of sp³-hybridized carbons (Fsp3) is 0.444. The zero-order valence-electron chi connectivity index (χ0n) is 6.93.